The van der Waals surface area contributed by atoms with E-state index in [-0.39, 0.29) is 24.3 Å². The number of amides is 2. The molecule has 1 fully saturated rings. The molecule has 0 saturated heterocycles. The van der Waals surface area contributed by atoms with Gasteiger partial charge in [0.05, 0.1) is 23.5 Å². The van der Waals surface area contributed by atoms with E-state index in [1.807, 2.05) is 71.0 Å². The van der Waals surface area contributed by atoms with E-state index in [9.17, 15) is 9.59 Å². The zero-order valence-corrected chi connectivity index (χ0v) is 21.9. The lowest BCUT2D eigenvalue weighted by Crippen LogP contribution is -2.46. The first-order valence-electron chi connectivity index (χ1n) is 13.3. The lowest BCUT2D eigenvalue weighted by molar-refractivity contribution is -0.142. The molecule has 0 spiro atoms. The van der Waals surface area contributed by atoms with Crippen LogP contribution in [-0.4, -0.2) is 43.8 Å². The zero-order chi connectivity index (χ0) is 24.9. The quantitative estimate of drug-likeness (QED) is 0.383. The Morgan fingerprint density at radius 3 is 2.61 bits per heavy atom. The van der Waals surface area contributed by atoms with Gasteiger partial charge in [-0.2, -0.15) is 11.8 Å². The molecule has 2 heterocycles. The number of carbonyl (C=O) groups excluding carboxylic acids is 2. The summed E-state index contributed by atoms with van der Waals surface area (Å²) >= 11 is 2.06. The molecule has 3 aromatic rings. The van der Waals surface area contributed by atoms with Gasteiger partial charge in [0.25, 0.3) is 0 Å². The maximum absolute atomic E-state index is 13.8. The molecule has 190 valence electrons. The molecule has 5 rings (SSSR count). The number of fused-ring (bicyclic) bond motifs is 3. The molecule has 1 aliphatic carbocycles. The van der Waals surface area contributed by atoms with Crippen molar-refractivity contribution in [3.05, 3.63) is 66.0 Å². The van der Waals surface area contributed by atoms with E-state index >= 15 is 0 Å². The fourth-order valence-corrected chi connectivity index (χ4v) is 6.83. The molecule has 1 N–H and O–H groups in total. The van der Waals surface area contributed by atoms with Gasteiger partial charge in [0, 0.05) is 18.3 Å². The topological polar surface area (TPSA) is 67.2 Å². The number of para-hydroxylation sites is 2. The highest BCUT2D eigenvalue weighted by molar-refractivity contribution is 7.99. The molecule has 6 nitrogen and oxygen atoms in total. The first kappa shape index (κ1) is 24.9. The predicted octanol–water partition coefficient (Wildman–Crippen LogP) is 5.64. The average Bonchev–Trinajstić information content (AvgIpc) is 3.30. The number of hydrogen-bond donors (Lipinski definition) is 1. The van der Waals surface area contributed by atoms with Gasteiger partial charge in [-0.25, -0.2) is 4.98 Å². The smallest absolute Gasteiger partial charge is 0.247 e. The van der Waals surface area contributed by atoms with Gasteiger partial charge in [-0.15, -0.1) is 0 Å². The van der Waals surface area contributed by atoms with Crippen LogP contribution in [0, 0.1) is 0 Å². The maximum Gasteiger partial charge on any atom is 0.247 e. The highest BCUT2D eigenvalue weighted by Crippen LogP contribution is 2.37. The van der Waals surface area contributed by atoms with Crippen LogP contribution in [0.15, 0.2) is 54.6 Å². The largest absolute Gasteiger partial charge is 0.356 e. The summed E-state index contributed by atoms with van der Waals surface area (Å²) in [5.74, 6) is 1.82. The summed E-state index contributed by atoms with van der Waals surface area (Å²) < 4.78 is 2.00. The van der Waals surface area contributed by atoms with Crippen molar-refractivity contribution in [1.82, 2.24) is 19.8 Å². The standard InChI is InChI=1S/C29H36N4O2S/c1-21-28-31-24-15-8-9-16-25(24)33(28)26(29(35)32(21)20-22-11-4-2-5-12-22)19-27(34)30-17-10-18-36-23-13-6-3-7-14-23/h2,4-5,8-9,11-12,15-16,21,23,26H,3,6-7,10,13-14,17-20H2,1H3,(H,30,34)/t21-,26+/m0/s1. The van der Waals surface area contributed by atoms with Gasteiger partial charge >= 0.3 is 0 Å². The Kier molecular flexibility index (Phi) is 7.95. The Bertz CT molecular complexity index is 1190. The SMILES string of the molecule is C[C@H]1c2nc3ccccc3n2[C@H](CC(=O)NCCCSC2CCCCC2)C(=O)N1Cc1ccccc1. The van der Waals surface area contributed by atoms with E-state index in [2.05, 4.69) is 17.1 Å². The molecule has 36 heavy (non-hydrogen) atoms. The van der Waals surface area contributed by atoms with E-state index in [0.717, 1.165) is 39.8 Å². The Balaban J connectivity index is 1.28. The minimum Gasteiger partial charge on any atom is -0.356 e. The minimum atomic E-state index is -0.594. The van der Waals surface area contributed by atoms with Crippen LogP contribution < -0.4 is 5.32 Å². The number of aromatic nitrogens is 2. The molecule has 1 saturated carbocycles. The fraction of sp³-hybridized carbons (Fsp3) is 0.483. The molecular weight excluding hydrogens is 468 g/mol. The lowest BCUT2D eigenvalue weighted by atomic mass is 10.0. The van der Waals surface area contributed by atoms with Crippen molar-refractivity contribution in [3.63, 3.8) is 0 Å². The lowest BCUT2D eigenvalue weighted by Gasteiger charge is -2.38. The molecule has 2 aliphatic rings. The van der Waals surface area contributed by atoms with Crippen molar-refractivity contribution in [2.45, 2.75) is 75.7 Å². The molecule has 0 unspecified atom stereocenters. The molecule has 2 aromatic carbocycles. The highest BCUT2D eigenvalue weighted by Gasteiger charge is 2.40. The van der Waals surface area contributed by atoms with Crippen LogP contribution in [0.1, 0.15) is 75.3 Å². The van der Waals surface area contributed by atoms with Crippen LogP contribution in [0.25, 0.3) is 11.0 Å². The number of nitrogens with zero attached hydrogens (tertiary/aromatic N) is 3. The van der Waals surface area contributed by atoms with Gasteiger partial charge in [0.2, 0.25) is 11.8 Å². The number of thioether (sulfide) groups is 1. The van der Waals surface area contributed by atoms with Crippen molar-refractivity contribution < 1.29 is 9.59 Å². The zero-order valence-electron chi connectivity index (χ0n) is 21.1. The second kappa shape index (κ2) is 11.5. The van der Waals surface area contributed by atoms with Crippen molar-refractivity contribution >= 4 is 34.6 Å². The summed E-state index contributed by atoms with van der Waals surface area (Å²) in [4.78, 5) is 33.6. The molecule has 2 atom stereocenters. The maximum atomic E-state index is 13.8. The number of nitrogens with one attached hydrogen (secondary N) is 1. The normalized spacial score (nSPS) is 20.5. The minimum absolute atomic E-state index is 0.0231. The highest BCUT2D eigenvalue weighted by atomic mass is 32.2. The van der Waals surface area contributed by atoms with E-state index in [1.165, 1.54) is 32.1 Å². The van der Waals surface area contributed by atoms with E-state index in [0.29, 0.717) is 13.1 Å². The summed E-state index contributed by atoms with van der Waals surface area (Å²) in [5.41, 5.74) is 2.84. The summed E-state index contributed by atoms with van der Waals surface area (Å²) in [7, 11) is 0. The van der Waals surface area contributed by atoms with Crippen molar-refractivity contribution in [1.29, 1.82) is 0 Å². The van der Waals surface area contributed by atoms with Gasteiger partial charge in [-0.1, -0.05) is 61.7 Å². The Labute approximate surface area is 217 Å². The second-order valence-electron chi connectivity index (χ2n) is 10.0. The summed E-state index contributed by atoms with van der Waals surface area (Å²) in [6, 6.07) is 17.1. The van der Waals surface area contributed by atoms with E-state index in [1.54, 1.807) is 0 Å². The van der Waals surface area contributed by atoms with Crippen molar-refractivity contribution in [2.24, 2.45) is 0 Å². The van der Waals surface area contributed by atoms with Crippen LogP contribution in [0.4, 0.5) is 0 Å². The third-order valence-electron chi connectivity index (χ3n) is 7.47. The van der Waals surface area contributed by atoms with Crippen LogP contribution in [-0.2, 0) is 16.1 Å². The average molecular weight is 505 g/mol. The van der Waals surface area contributed by atoms with Crippen LogP contribution in [0.2, 0.25) is 0 Å². The Morgan fingerprint density at radius 2 is 1.81 bits per heavy atom. The molecule has 0 bridgehead atoms. The van der Waals surface area contributed by atoms with Crippen molar-refractivity contribution in [2.75, 3.05) is 12.3 Å². The number of hydrogen-bond acceptors (Lipinski definition) is 4. The predicted molar refractivity (Wildman–Crippen MR) is 146 cm³/mol. The number of imidazole rings is 1. The van der Waals surface area contributed by atoms with Gasteiger partial charge in [-0.3, -0.25) is 9.59 Å². The fourth-order valence-electron chi connectivity index (χ4n) is 5.52. The first-order chi connectivity index (χ1) is 17.6. The summed E-state index contributed by atoms with van der Waals surface area (Å²) in [5, 5.41) is 3.87. The monoisotopic (exact) mass is 504 g/mol. The third-order valence-corrected chi connectivity index (χ3v) is 8.93. The first-order valence-corrected chi connectivity index (χ1v) is 14.4. The van der Waals surface area contributed by atoms with Gasteiger partial charge in [0.1, 0.15) is 11.9 Å². The molecule has 7 heteroatoms. The van der Waals surface area contributed by atoms with Gasteiger partial charge < -0.3 is 14.8 Å². The molecule has 0 radical (unpaired) electrons. The van der Waals surface area contributed by atoms with Gasteiger partial charge in [-0.05, 0) is 49.6 Å². The van der Waals surface area contributed by atoms with Crippen LogP contribution in [0.3, 0.4) is 0 Å². The Morgan fingerprint density at radius 1 is 1.06 bits per heavy atom. The third kappa shape index (κ3) is 5.46. The van der Waals surface area contributed by atoms with Crippen LogP contribution >= 0.6 is 11.8 Å². The van der Waals surface area contributed by atoms with Crippen molar-refractivity contribution in [3.8, 4) is 0 Å². The van der Waals surface area contributed by atoms with E-state index in [4.69, 9.17) is 4.98 Å². The summed E-state index contributed by atoms with van der Waals surface area (Å²) in [6.07, 6.45) is 7.84. The van der Waals surface area contributed by atoms with E-state index < -0.39 is 6.04 Å². The van der Waals surface area contributed by atoms with Gasteiger partial charge in [0.15, 0.2) is 0 Å². The number of carbonyl (C=O) groups is 2. The molecule has 1 aliphatic heterocycles. The Hall–Kier alpha value is -2.80. The number of benzene rings is 2. The van der Waals surface area contributed by atoms with Crippen LogP contribution in [0.5, 0.6) is 0 Å². The molecule has 2 amide bonds. The summed E-state index contributed by atoms with van der Waals surface area (Å²) in [6.45, 7) is 3.18. The second-order valence-corrected chi connectivity index (χ2v) is 11.4. The molecule has 1 aromatic heterocycles. The molecular formula is C29H36N4O2S. The number of rotatable bonds is 9.